The van der Waals surface area contributed by atoms with Gasteiger partial charge in [0.1, 0.15) is 11.6 Å². The third kappa shape index (κ3) is 2.88. The van der Waals surface area contributed by atoms with Crippen LogP contribution in [-0.4, -0.2) is 7.11 Å². The zero-order valence-corrected chi connectivity index (χ0v) is 12.5. The third-order valence-corrected chi connectivity index (χ3v) is 3.60. The Morgan fingerprint density at radius 2 is 1.95 bits per heavy atom. The molecule has 0 saturated carbocycles. The molecule has 0 atom stereocenters. The van der Waals surface area contributed by atoms with Crippen molar-refractivity contribution in [3.8, 4) is 5.75 Å². The van der Waals surface area contributed by atoms with Gasteiger partial charge in [-0.1, -0.05) is 29.8 Å². The van der Waals surface area contributed by atoms with Crippen LogP contribution in [0.2, 0.25) is 5.02 Å². The lowest BCUT2D eigenvalue weighted by Crippen LogP contribution is -2.04. The predicted octanol–water partition coefficient (Wildman–Crippen LogP) is 4.72. The number of benzene rings is 2. The van der Waals surface area contributed by atoms with Crippen molar-refractivity contribution in [3.63, 3.8) is 0 Å². The van der Waals surface area contributed by atoms with Crippen LogP contribution in [0.5, 0.6) is 5.75 Å². The molecule has 0 aliphatic carbocycles. The molecule has 0 saturated heterocycles. The van der Waals surface area contributed by atoms with Crippen molar-refractivity contribution in [2.45, 2.75) is 20.4 Å². The smallest absolute Gasteiger partial charge is 0.146 e. The number of ether oxygens (including phenoxy) is 1. The minimum atomic E-state index is -0.376. The van der Waals surface area contributed by atoms with Crippen molar-refractivity contribution in [1.82, 2.24) is 0 Å². The van der Waals surface area contributed by atoms with Crippen LogP contribution < -0.4 is 10.1 Å². The summed E-state index contributed by atoms with van der Waals surface area (Å²) in [5.41, 5.74) is 3.54. The Hall–Kier alpha value is -1.74. The first-order valence-corrected chi connectivity index (χ1v) is 6.73. The first-order valence-electron chi connectivity index (χ1n) is 6.35. The van der Waals surface area contributed by atoms with Gasteiger partial charge in [0.05, 0.1) is 12.1 Å². The van der Waals surface area contributed by atoms with Gasteiger partial charge in [-0.05, 0) is 31.5 Å². The molecule has 0 radical (unpaired) electrons. The van der Waals surface area contributed by atoms with E-state index >= 15 is 0 Å². The van der Waals surface area contributed by atoms with E-state index in [2.05, 4.69) is 5.32 Å². The maximum Gasteiger partial charge on any atom is 0.146 e. The van der Waals surface area contributed by atoms with Gasteiger partial charge < -0.3 is 10.1 Å². The molecule has 0 amide bonds. The monoisotopic (exact) mass is 293 g/mol. The molecule has 0 heterocycles. The highest BCUT2D eigenvalue weighted by molar-refractivity contribution is 6.30. The van der Waals surface area contributed by atoms with Gasteiger partial charge in [0.15, 0.2) is 0 Å². The molecule has 2 rings (SSSR count). The molecule has 0 fully saturated rings. The Bertz CT molecular complexity index is 628. The fourth-order valence-electron chi connectivity index (χ4n) is 2.21. The number of hydrogen-bond acceptors (Lipinski definition) is 2. The number of aryl methyl sites for hydroxylation is 1. The van der Waals surface area contributed by atoms with E-state index in [0.717, 1.165) is 22.6 Å². The summed E-state index contributed by atoms with van der Waals surface area (Å²) in [6, 6.07) is 8.94. The van der Waals surface area contributed by atoms with Crippen molar-refractivity contribution in [2.24, 2.45) is 0 Å². The number of halogens is 2. The first kappa shape index (κ1) is 14.7. The fourth-order valence-corrected chi connectivity index (χ4v) is 2.40. The zero-order valence-electron chi connectivity index (χ0n) is 11.8. The summed E-state index contributed by atoms with van der Waals surface area (Å²) in [5, 5.41) is 3.36. The topological polar surface area (TPSA) is 21.3 Å². The molecule has 2 aromatic rings. The van der Waals surface area contributed by atoms with Gasteiger partial charge in [-0.25, -0.2) is 4.39 Å². The predicted molar refractivity (Wildman–Crippen MR) is 81.2 cm³/mol. The van der Waals surface area contributed by atoms with Crippen LogP contribution in [-0.2, 0) is 6.54 Å². The van der Waals surface area contributed by atoms with E-state index in [4.69, 9.17) is 16.3 Å². The van der Waals surface area contributed by atoms with E-state index < -0.39 is 0 Å². The van der Waals surface area contributed by atoms with Crippen molar-refractivity contribution >= 4 is 17.3 Å². The van der Waals surface area contributed by atoms with Crippen LogP contribution in [0.3, 0.4) is 0 Å². The highest BCUT2D eigenvalue weighted by Crippen LogP contribution is 2.29. The minimum Gasteiger partial charge on any atom is -0.496 e. The van der Waals surface area contributed by atoms with Gasteiger partial charge in [-0.3, -0.25) is 0 Å². The van der Waals surface area contributed by atoms with E-state index in [9.17, 15) is 4.39 Å². The molecule has 0 bridgehead atoms. The lowest BCUT2D eigenvalue weighted by Gasteiger charge is -2.15. The standard InChI is InChI=1S/C16H17ClFNO/c1-10-7-8-14(11(2)16(10)20-3)19-9-12-5-4-6-13(17)15(12)18/h4-8,19H,9H2,1-3H3. The molecule has 106 valence electrons. The van der Waals surface area contributed by atoms with E-state index in [1.54, 1.807) is 25.3 Å². The summed E-state index contributed by atoms with van der Waals surface area (Å²) < 4.78 is 19.2. The van der Waals surface area contributed by atoms with Gasteiger partial charge >= 0.3 is 0 Å². The van der Waals surface area contributed by atoms with Crippen LogP contribution in [0.1, 0.15) is 16.7 Å². The van der Waals surface area contributed by atoms with Crippen molar-refractivity contribution in [2.75, 3.05) is 12.4 Å². The van der Waals surface area contributed by atoms with Crippen LogP contribution in [0.4, 0.5) is 10.1 Å². The summed E-state index contributed by atoms with van der Waals surface area (Å²) in [5.74, 6) is 0.472. The lowest BCUT2D eigenvalue weighted by molar-refractivity contribution is 0.409. The van der Waals surface area contributed by atoms with Crippen LogP contribution >= 0.6 is 11.6 Å². The highest BCUT2D eigenvalue weighted by Gasteiger charge is 2.09. The Labute approximate surface area is 123 Å². The number of nitrogens with one attached hydrogen (secondary N) is 1. The number of methoxy groups -OCH3 is 1. The van der Waals surface area contributed by atoms with Crippen molar-refractivity contribution in [3.05, 3.63) is 57.9 Å². The SMILES string of the molecule is COc1c(C)ccc(NCc2cccc(Cl)c2F)c1C. The Morgan fingerprint density at radius 1 is 1.20 bits per heavy atom. The van der Waals surface area contributed by atoms with Gasteiger partial charge in [0.25, 0.3) is 0 Å². The molecular formula is C16H17ClFNO. The molecule has 0 aliphatic rings. The van der Waals surface area contributed by atoms with Gasteiger partial charge in [0, 0.05) is 23.4 Å². The summed E-state index contributed by atoms with van der Waals surface area (Å²) in [6.07, 6.45) is 0. The van der Waals surface area contributed by atoms with Crippen LogP contribution in [0.15, 0.2) is 30.3 Å². The van der Waals surface area contributed by atoms with E-state index in [0.29, 0.717) is 12.1 Å². The number of hydrogen-bond donors (Lipinski definition) is 1. The molecule has 4 heteroatoms. The zero-order chi connectivity index (χ0) is 14.7. The molecule has 20 heavy (non-hydrogen) atoms. The molecule has 0 spiro atoms. The second-order valence-corrected chi connectivity index (χ2v) is 5.06. The minimum absolute atomic E-state index is 0.141. The van der Waals surface area contributed by atoms with Gasteiger partial charge in [0.2, 0.25) is 0 Å². The largest absolute Gasteiger partial charge is 0.496 e. The second kappa shape index (κ2) is 6.14. The van der Waals surface area contributed by atoms with E-state index in [1.165, 1.54) is 0 Å². The average Bonchev–Trinajstić information content (AvgIpc) is 2.43. The van der Waals surface area contributed by atoms with Crippen LogP contribution in [0, 0.1) is 19.7 Å². The maximum absolute atomic E-state index is 13.8. The van der Waals surface area contributed by atoms with Crippen molar-refractivity contribution in [1.29, 1.82) is 0 Å². The highest BCUT2D eigenvalue weighted by atomic mass is 35.5. The molecular weight excluding hydrogens is 277 g/mol. The first-order chi connectivity index (χ1) is 9.54. The lowest BCUT2D eigenvalue weighted by atomic mass is 10.1. The molecule has 0 unspecified atom stereocenters. The molecule has 0 aliphatic heterocycles. The second-order valence-electron chi connectivity index (χ2n) is 4.65. The number of anilines is 1. The maximum atomic E-state index is 13.8. The molecule has 0 aromatic heterocycles. The fraction of sp³-hybridized carbons (Fsp3) is 0.250. The number of rotatable bonds is 4. The molecule has 1 N–H and O–H groups in total. The Morgan fingerprint density at radius 3 is 2.65 bits per heavy atom. The summed E-state index contributed by atoms with van der Waals surface area (Å²) in [6.45, 7) is 4.34. The average molecular weight is 294 g/mol. The van der Waals surface area contributed by atoms with Gasteiger partial charge in [-0.15, -0.1) is 0 Å². The van der Waals surface area contributed by atoms with Crippen molar-refractivity contribution < 1.29 is 9.13 Å². The molecule has 2 aromatic carbocycles. The Kier molecular flexibility index (Phi) is 4.50. The third-order valence-electron chi connectivity index (χ3n) is 3.31. The summed E-state index contributed by atoms with van der Waals surface area (Å²) in [4.78, 5) is 0. The van der Waals surface area contributed by atoms with Crippen LogP contribution in [0.25, 0.3) is 0 Å². The summed E-state index contributed by atoms with van der Waals surface area (Å²) >= 11 is 5.77. The van der Waals surface area contributed by atoms with Gasteiger partial charge in [-0.2, -0.15) is 0 Å². The Balaban J connectivity index is 2.21. The molecule has 2 nitrogen and oxygen atoms in total. The normalized spacial score (nSPS) is 10.4. The van der Waals surface area contributed by atoms with E-state index in [1.807, 2.05) is 26.0 Å². The summed E-state index contributed by atoms with van der Waals surface area (Å²) in [7, 11) is 1.65. The van der Waals surface area contributed by atoms with E-state index in [-0.39, 0.29) is 10.8 Å². The quantitative estimate of drug-likeness (QED) is 0.881.